The highest BCUT2D eigenvalue weighted by molar-refractivity contribution is 6.19. The number of imide groups is 1. The fraction of sp³-hybridized carbons (Fsp3) is 0.214. The van der Waals surface area contributed by atoms with E-state index in [1.54, 1.807) is 30.3 Å². The lowest BCUT2D eigenvalue weighted by molar-refractivity contribution is -0.121. The van der Waals surface area contributed by atoms with Crippen molar-refractivity contribution in [3.8, 4) is 0 Å². The van der Waals surface area contributed by atoms with Gasteiger partial charge in [0.1, 0.15) is 0 Å². The SMILES string of the molecule is C=CCNC(=O)c1ccc(N2C(=O)CCC2=O)cc1. The summed E-state index contributed by atoms with van der Waals surface area (Å²) in [6.45, 7) is 3.91. The van der Waals surface area contributed by atoms with E-state index < -0.39 is 0 Å². The first-order valence-electron chi connectivity index (χ1n) is 5.98. The molecule has 0 unspecified atom stereocenters. The molecule has 1 fully saturated rings. The fourth-order valence-corrected chi connectivity index (χ4v) is 1.89. The molecule has 1 aromatic carbocycles. The van der Waals surface area contributed by atoms with Gasteiger partial charge in [-0.3, -0.25) is 19.3 Å². The number of carbonyl (C=O) groups excluding carboxylic acids is 3. The summed E-state index contributed by atoms with van der Waals surface area (Å²) in [4.78, 5) is 35.9. The molecule has 3 amide bonds. The second-order valence-corrected chi connectivity index (χ2v) is 4.17. The first-order valence-corrected chi connectivity index (χ1v) is 5.98. The third kappa shape index (κ3) is 2.70. The number of anilines is 1. The van der Waals surface area contributed by atoms with Crippen molar-refractivity contribution in [3.63, 3.8) is 0 Å². The molecule has 5 nitrogen and oxygen atoms in total. The summed E-state index contributed by atoms with van der Waals surface area (Å²) in [6.07, 6.45) is 2.09. The molecule has 0 atom stereocenters. The lowest BCUT2D eigenvalue weighted by Crippen LogP contribution is -2.28. The van der Waals surface area contributed by atoms with Gasteiger partial charge in [-0.05, 0) is 24.3 Å². The Morgan fingerprint density at radius 3 is 2.32 bits per heavy atom. The van der Waals surface area contributed by atoms with Crippen molar-refractivity contribution in [1.29, 1.82) is 0 Å². The molecule has 0 aromatic heterocycles. The predicted molar refractivity (Wildman–Crippen MR) is 70.7 cm³/mol. The van der Waals surface area contributed by atoms with Crippen LogP contribution in [0, 0.1) is 0 Å². The molecular formula is C14H14N2O3. The number of amides is 3. The number of nitrogens with one attached hydrogen (secondary N) is 1. The van der Waals surface area contributed by atoms with E-state index in [1.165, 1.54) is 0 Å². The second kappa shape index (κ2) is 5.48. The highest BCUT2D eigenvalue weighted by Crippen LogP contribution is 2.22. The van der Waals surface area contributed by atoms with Gasteiger partial charge < -0.3 is 5.32 Å². The molecule has 1 aliphatic rings. The van der Waals surface area contributed by atoms with Crippen LogP contribution in [0.1, 0.15) is 23.2 Å². The maximum absolute atomic E-state index is 11.7. The highest BCUT2D eigenvalue weighted by atomic mass is 16.2. The molecule has 0 bridgehead atoms. The van der Waals surface area contributed by atoms with E-state index in [2.05, 4.69) is 11.9 Å². The van der Waals surface area contributed by atoms with Gasteiger partial charge in [-0.15, -0.1) is 6.58 Å². The Kier molecular flexibility index (Phi) is 3.75. The van der Waals surface area contributed by atoms with Gasteiger partial charge in [0.2, 0.25) is 11.8 Å². The topological polar surface area (TPSA) is 66.5 Å². The van der Waals surface area contributed by atoms with Gasteiger partial charge in [0.25, 0.3) is 5.91 Å². The first-order chi connectivity index (χ1) is 9.13. The molecule has 1 saturated heterocycles. The Labute approximate surface area is 110 Å². The van der Waals surface area contributed by atoms with Gasteiger partial charge in [-0.2, -0.15) is 0 Å². The number of nitrogens with zero attached hydrogens (tertiary/aromatic N) is 1. The quantitative estimate of drug-likeness (QED) is 0.653. The summed E-state index contributed by atoms with van der Waals surface area (Å²) in [7, 11) is 0. The van der Waals surface area contributed by atoms with E-state index >= 15 is 0 Å². The standard InChI is InChI=1S/C14H14N2O3/c1-2-9-15-14(19)10-3-5-11(6-4-10)16-12(17)7-8-13(16)18/h2-6H,1,7-9H2,(H,15,19). The zero-order valence-electron chi connectivity index (χ0n) is 10.4. The summed E-state index contributed by atoms with van der Waals surface area (Å²) >= 11 is 0. The summed E-state index contributed by atoms with van der Waals surface area (Å²) < 4.78 is 0. The van der Waals surface area contributed by atoms with Crippen molar-refractivity contribution in [3.05, 3.63) is 42.5 Å². The van der Waals surface area contributed by atoms with E-state index in [0.29, 0.717) is 17.8 Å². The normalized spacial score (nSPS) is 14.6. The molecule has 5 heteroatoms. The number of carbonyl (C=O) groups is 3. The van der Waals surface area contributed by atoms with E-state index in [-0.39, 0.29) is 30.6 Å². The van der Waals surface area contributed by atoms with Gasteiger partial charge in [-0.25, -0.2) is 0 Å². The van der Waals surface area contributed by atoms with Gasteiger partial charge in [0.05, 0.1) is 5.69 Å². The fourth-order valence-electron chi connectivity index (χ4n) is 1.89. The van der Waals surface area contributed by atoms with Gasteiger partial charge in [0.15, 0.2) is 0 Å². The zero-order chi connectivity index (χ0) is 13.8. The van der Waals surface area contributed by atoms with Crippen LogP contribution in [0.4, 0.5) is 5.69 Å². The molecule has 0 aliphatic carbocycles. The molecule has 1 aromatic rings. The molecule has 0 radical (unpaired) electrons. The van der Waals surface area contributed by atoms with Crippen molar-refractivity contribution in [2.75, 3.05) is 11.4 Å². The first kappa shape index (κ1) is 13.0. The van der Waals surface area contributed by atoms with Gasteiger partial charge in [-0.1, -0.05) is 6.08 Å². The second-order valence-electron chi connectivity index (χ2n) is 4.17. The van der Waals surface area contributed by atoms with Crippen LogP contribution in [0.15, 0.2) is 36.9 Å². The van der Waals surface area contributed by atoms with Gasteiger partial charge >= 0.3 is 0 Å². The largest absolute Gasteiger partial charge is 0.349 e. The van der Waals surface area contributed by atoms with E-state index in [1.807, 2.05) is 0 Å². The summed E-state index contributed by atoms with van der Waals surface area (Å²) in [6, 6.07) is 6.38. The Hall–Kier alpha value is -2.43. The minimum Gasteiger partial charge on any atom is -0.349 e. The van der Waals surface area contributed by atoms with Crippen LogP contribution in [0.5, 0.6) is 0 Å². The third-order valence-electron chi connectivity index (χ3n) is 2.85. The zero-order valence-corrected chi connectivity index (χ0v) is 10.4. The molecule has 0 spiro atoms. The molecule has 1 heterocycles. The van der Waals surface area contributed by atoms with E-state index in [9.17, 15) is 14.4 Å². The van der Waals surface area contributed by atoms with Crippen molar-refractivity contribution in [2.45, 2.75) is 12.8 Å². The molecule has 2 rings (SSSR count). The number of hydrogen-bond donors (Lipinski definition) is 1. The van der Waals surface area contributed by atoms with Crippen LogP contribution in [0.25, 0.3) is 0 Å². The van der Waals surface area contributed by atoms with Crippen LogP contribution in [-0.4, -0.2) is 24.3 Å². The number of hydrogen-bond acceptors (Lipinski definition) is 3. The molecular weight excluding hydrogens is 244 g/mol. The smallest absolute Gasteiger partial charge is 0.251 e. The van der Waals surface area contributed by atoms with Gasteiger partial charge in [0, 0.05) is 24.9 Å². The summed E-state index contributed by atoms with van der Waals surface area (Å²) in [5.74, 6) is -0.617. The molecule has 98 valence electrons. The third-order valence-corrected chi connectivity index (χ3v) is 2.85. The van der Waals surface area contributed by atoms with Crippen molar-refractivity contribution < 1.29 is 14.4 Å². The molecule has 0 saturated carbocycles. The molecule has 19 heavy (non-hydrogen) atoms. The minimum absolute atomic E-state index is 0.200. The molecule has 1 N–H and O–H groups in total. The van der Waals surface area contributed by atoms with Crippen LogP contribution in [0.2, 0.25) is 0 Å². The van der Waals surface area contributed by atoms with Crippen molar-refractivity contribution in [2.24, 2.45) is 0 Å². The maximum Gasteiger partial charge on any atom is 0.251 e. The average Bonchev–Trinajstić information content (AvgIpc) is 2.76. The van der Waals surface area contributed by atoms with Crippen LogP contribution < -0.4 is 10.2 Å². The lowest BCUT2D eigenvalue weighted by Gasteiger charge is -2.14. The Morgan fingerprint density at radius 1 is 1.21 bits per heavy atom. The monoisotopic (exact) mass is 258 g/mol. The maximum atomic E-state index is 11.7. The van der Waals surface area contributed by atoms with Crippen molar-refractivity contribution in [1.82, 2.24) is 5.32 Å². The molecule has 1 aliphatic heterocycles. The lowest BCUT2D eigenvalue weighted by atomic mass is 10.2. The van der Waals surface area contributed by atoms with E-state index in [0.717, 1.165) is 4.90 Å². The number of benzene rings is 1. The summed E-state index contributed by atoms with van der Waals surface area (Å²) in [5.41, 5.74) is 0.984. The Balaban J connectivity index is 2.14. The highest BCUT2D eigenvalue weighted by Gasteiger charge is 2.30. The minimum atomic E-state index is -0.217. The van der Waals surface area contributed by atoms with Crippen LogP contribution >= 0.6 is 0 Å². The number of rotatable bonds is 4. The van der Waals surface area contributed by atoms with Crippen molar-refractivity contribution >= 4 is 23.4 Å². The summed E-state index contributed by atoms with van der Waals surface area (Å²) in [5, 5.41) is 2.65. The van der Waals surface area contributed by atoms with Crippen LogP contribution in [-0.2, 0) is 9.59 Å². The average molecular weight is 258 g/mol. The van der Waals surface area contributed by atoms with Crippen LogP contribution in [0.3, 0.4) is 0 Å². The Bertz CT molecular complexity index is 518. The predicted octanol–water partition coefficient (Wildman–Crippen LogP) is 1.26. The Morgan fingerprint density at radius 2 is 1.79 bits per heavy atom. The van der Waals surface area contributed by atoms with E-state index in [4.69, 9.17) is 0 Å².